The number of rotatable bonds is 11. The zero-order valence-corrected chi connectivity index (χ0v) is 26.9. The molecule has 0 bridgehead atoms. The van der Waals surface area contributed by atoms with Crippen LogP contribution in [0, 0.1) is 11.3 Å². The molecule has 7 nitrogen and oxygen atoms in total. The minimum absolute atomic E-state index is 0.00528. The molecule has 244 valence electrons. The quantitative estimate of drug-likeness (QED) is 0.258. The van der Waals surface area contributed by atoms with Crippen LogP contribution in [0.4, 0.5) is 13.2 Å². The first-order valence-corrected chi connectivity index (χ1v) is 15.9. The minimum Gasteiger partial charge on any atom is -0.481 e. The number of hydrogen-bond acceptors (Lipinski definition) is 4. The smallest absolute Gasteiger partial charge is 0.416 e. The van der Waals surface area contributed by atoms with E-state index in [0.29, 0.717) is 30.7 Å². The summed E-state index contributed by atoms with van der Waals surface area (Å²) in [5.41, 5.74) is -0.627. The summed E-state index contributed by atoms with van der Waals surface area (Å²) in [4.78, 5) is 44.5. The van der Waals surface area contributed by atoms with Crippen molar-refractivity contribution in [2.75, 3.05) is 6.54 Å². The van der Waals surface area contributed by atoms with Gasteiger partial charge in [-0.1, -0.05) is 64.3 Å². The maximum absolute atomic E-state index is 14.4. The van der Waals surface area contributed by atoms with Gasteiger partial charge >= 0.3 is 12.1 Å². The van der Waals surface area contributed by atoms with Crippen molar-refractivity contribution >= 4 is 35.1 Å². The van der Waals surface area contributed by atoms with E-state index in [2.05, 4.69) is 26.1 Å². The molecule has 2 amide bonds. The van der Waals surface area contributed by atoms with Gasteiger partial charge in [-0.05, 0) is 79.3 Å². The molecule has 0 radical (unpaired) electrons. The number of benzene rings is 2. The Kier molecular flexibility index (Phi) is 10.4. The summed E-state index contributed by atoms with van der Waals surface area (Å²) in [5.74, 6) is -1.45. The lowest BCUT2D eigenvalue weighted by molar-refractivity contribution is -0.138. The SMILES string of the molecule is CCC[C@H](c1ccc(C(=O)NCCC(=O)O)cc1)N1C(=O)C(c2cc(Cl)cc(C(F)(F)F)c2)=NC12CCC(C(C)(C)CC)CC2. The molecule has 1 aliphatic heterocycles. The van der Waals surface area contributed by atoms with Crippen LogP contribution in [0.3, 0.4) is 0 Å². The summed E-state index contributed by atoms with van der Waals surface area (Å²) in [6, 6.07) is 9.53. The van der Waals surface area contributed by atoms with Crippen molar-refractivity contribution in [1.82, 2.24) is 10.2 Å². The molecule has 2 aliphatic rings. The van der Waals surface area contributed by atoms with E-state index < -0.39 is 41.2 Å². The number of amides is 2. The molecule has 0 unspecified atom stereocenters. The van der Waals surface area contributed by atoms with Crippen LogP contribution >= 0.6 is 11.6 Å². The van der Waals surface area contributed by atoms with Gasteiger partial charge in [-0.25, -0.2) is 0 Å². The highest BCUT2D eigenvalue weighted by molar-refractivity contribution is 6.47. The highest BCUT2D eigenvalue weighted by Gasteiger charge is 2.53. The van der Waals surface area contributed by atoms with Crippen molar-refractivity contribution in [1.29, 1.82) is 0 Å². The van der Waals surface area contributed by atoms with Gasteiger partial charge < -0.3 is 15.3 Å². The first-order valence-electron chi connectivity index (χ1n) is 15.5. The zero-order valence-electron chi connectivity index (χ0n) is 26.1. The van der Waals surface area contributed by atoms with E-state index >= 15 is 0 Å². The third-order valence-electron chi connectivity index (χ3n) is 9.55. The second-order valence-corrected chi connectivity index (χ2v) is 13.2. The monoisotopic (exact) mass is 647 g/mol. The van der Waals surface area contributed by atoms with Crippen LogP contribution in [0.25, 0.3) is 0 Å². The van der Waals surface area contributed by atoms with Gasteiger partial charge in [0.25, 0.3) is 11.8 Å². The first-order chi connectivity index (χ1) is 21.1. The van der Waals surface area contributed by atoms with Crippen LogP contribution in [0.2, 0.25) is 5.02 Å². The number of carboxylic acid groups (broad SMARTS) is 1. The van der Waals surface area contributed by atoms with Gasteiger partial charge in [-0.2, -0.15) is 13.2 Å². The van der Waals surface area contributed by atoms with Gasteiger partial charge in [0.05, 0.1) is 18.0 Å². The van der Waals surface area contributed by atoms with Crippen LogP contribution in [0.5, 0.6) is 0 Å². The van der Waals surface area contributed by atoms with E-state index in [1.807, 2.05) is 6.92 Å². The lowest BCUT2D eigenvalue weighted by Crippen LogP contribution is -2.51. The van der Waals surface area contributed by atoms with Crippen LogP contribution in [0.1, 0.15) is 112 Å². The van der Waals surface area contributed by atoms with Crippen LogP contribution in [-0.2, 0) is 15.8 Å². The second-order valence-electron chi connectivity index (χ2n) is 12.8. The molecule has 2 aromatic rings. The Balaban J connectivity index is 1.74. The molecule has 45 heavy (non-hydrogen) atoms. The van der Waals surface area contributed by atoms with Gasteiger partial charge in [0.1, 0.15) is 11.4 Å². The molecule has 1 fully saturated rings. The molecular weight excluding hydrogens is 607 g/mol. The van der Waals surface area contributed by atoms with Crippen LogP contribution in [0.15, 0.2) is 47.5 Å². The van der Waals surface area contributed by atoms with Gasteiger partial charge in [0.15, 0.2) is 0 Å². The van der Waals surface area contributed by atoms with Crippen LogP contribution in [-0.4, -0.2) is 45.7 Å². The van der Waals surface area contributed by atoms with E-state index in [0.717, 1.165) is 43.4 Å². The molecule has 2 aromatic carbocycles. The van der Waals surface area contributed by atoms with E-state index in [4.69, 9.17) is 21.7 Å². The Morgan fingerprint density at radius 1 is 1.11 bits per heavy atom. The maximum Gasteiger partial charge on any atom is 0.416 e. The molecule has 1 atom stereocenters. The van der Waals surface area contributed by atoms with Crippen molar-refractivity contribution in [3.05, 3.63) is 69.7 Å². The summed E-state index contributed by atoms with van der Waals surface area (Å²) in [6.07, 6.45) is 0.247. The van der Waals surface area contributed by atoms with Crippen LogP contribution < -0.4 is 5.32 Å². The molecule has 1 spiro atoms. The van der Waals surface area contributed by atoms with Crippen molar-refractivity contribution in [2.45, 2.75) is 96.9 Å². The van der Waals surface area contributed by atoms with E-state index in [-0.39, 0.29) is 34.7 Å². The Morgan fingerprint density at radius 2 is 1.76 bits per heavy atom. The van der Waals surface area contributed by atoms with Gasteiger partial charge in [-0.3, -0.25) is 19.4 Å². The normalized spacial score (nSPS) is 21.2. The third kappa shape index (κ3) is 7.54. The highest BCUT2D eigenvalue weighted by Crippen LogP contribution is 2.51. The van der Waals surface area contributed by atoms with E-state index in [1.165, 1.54) is 6.07 Å². The first kappa shape index (κ1) is 34.5. The predicted octanol–water partition coefficient (Wildman–Crippen LogP) is 8.06. The standard InChI is InChI=1S/C34H41ClF3N3O4/c1-5-7-27(21-8-10-22(11-9-21)30(44)39-17-14-28(42)43)41-31(45)29(23-18-25(34(36,37)38)20-26(35)19-23)40-33(41)15-12-24(13-16-33)32(3,4)6-2/h8-11,18-20,24,27H,5-7,12-17H2,1-4H3,(H,39,44)(H,42,43)/t24?,27-,33?/m1/s1. The highest BCUT2D eigenvalue weighted by atomic mass is 35.5. The molecule has 0 aromatic heterocycles. The van der Waals surface area contributed by atoms with Crippen molar-refractivity contribution < 1.29 is 32.7 Å². The Hall–Kier alpha value is -3.40. The fourth-order valence-electron chi connectivity index (χ4n) is 6.59. The number of carbonyl (C=O) groups excluding carboxylic acids is 2. The average molecular weight is 648 g/mol. The molecule has 1 heterocycles. The second kappa shape index (κ2) is 13.5. The number of carbonyl (C=O) groups is 3. The Bertz CT molecular complexity index is 1450. The molecule has 1 saturated carbocycles. The van der Waals surface area contributed by atoms with Crippen molar-refractivity contribution in [2.24, 2.45) is 16.3 Å². The number of halogens is 4. The van der Waals surface area contributed by atoms with Crippen molar-refractivity contribution in [3.63, 3.8) is 0 Å². The average Bonchev–Trinajstić information content (AvgIpc) is 3.26. The number of aliphatic carboxylic acids is 1. The number of hydrogen-bond donors (Lipinski definition) is 2. The van der Waals surface area contributed by atoms with Gasteiger partial charge in [-0.15, -0.1) is 0 Å². The number of carboxylic acids is 1. The Morgan fingerprint density at radius 3 is 2.31 bits per heavy atom. The van der Waals surface area contributed by atoms with Crippen molar-refractivity contribution in [3.8, 4) is 0 Å². The molecule has 4 rings (SSSR count). The summed E-state index contributed by atoms with van der Waals surface area (Å²) < 4.78 is 41.2. The van der Waals surface area contributed by atoms with Gasteiger partial charge in [0.2, 0.25) is 0 Å². The third-order valence-corrected chi connectivity index (χ3v) is 9.77. The zero-order chi connectivity index (χ0) is 33.2. The number of alkyl halides is 3. The fraction of sp³-hybridized carbons (Fsp3) is 0.529. The molecule has 0 saturated heterocycles. The summed E-state index contributed by atoms with van der Waals surface area (Å²) in [5, 5.41) is 11.3. The Labute approximate surface area is 267 Å². The number of aliphatic imine (C=N–C) groups is 1. The summed E-state index contributed by atoms with van der Waals surface area (Å²) in [6.45, 7) is 8.64. The van der Waals surface area contributed by atoms with Gasteiger partial charge in [0, 0.05) is 22.7 Å². The van der Waals surface area contributed by atoms with E-state index in [1.54, 1.807) is 29.2 Å². The topological polar surface area (TPSA) is 99.1 Å². The summed E-state index contributed by atoms with van der Waals surface area (Å²) >= 11 is 6.14. The minimum atomic E-state index is -4.64. The molecule has 2 N–H and O–H groups in total. The maximum atomic E-state index is 14.4. The number of nitrogens with one attached hydrogen (secondary N) is 1. The molecule has 11 heteroatoms. The predicted molar refractivity (Wildman–Crippen MR) is 167 cm³/mol. The molecule has 1 aliphatic carbocycles. The lowest BCUT2D eigenvalue weighted by atomic mass is 9.67. The summed E-state index contributed by atoms with van der Waals surface area (Å²) in [7, 11) is 0. The molecular formula is C34H41ClF3N3O4. The fourth-order valence-corrected chi connectivity index (χ4v) is 6.82. The largest absolute Gasteiger partial charge is 0.481 e. The van der Waals surface area contributed by atoms with E-state index in [9.17, 15) is 27.6 Å². The lowest BCUT2D eigenvalue weighted by Gasteiger charge is -2.48. The number of nitrogens with zero attached hydrogens (tertiary/aromatic N) is 2.